The lowest BCUT2D eigenvalue weighted by Gasteiger charge is -2.25. The van der Waals surface area contributed by atoms with E-state index in [4.69, 9.17) is 0 Å². The molecule has 1 aliphatic heterocycles. The van der Waals surface area contributed by atoms with E-state index in [9.17, 15) is 4.79 Å². The summed E-state index contributed by atoms with van der Waals surface area (Å²) in [6.45, 7) is 7.52. The van der Waals surface area contributed by atoms with E-state index < -0.39 is 0 Å². The van der Waals surface area contributed by atoms with E-state index in [1.165, 1.54) is 12.0 Å². The number of nitrogens with zero attached hydrogens (tertiary/aromatic N) is 4. The quantitative estimate of drug-likeness (QED) is 0.671. The standard InChI is InChI=1S/C23H26N4O/c1-23(2,3)18-7-5-16(6-8-18)17-12-24-21-11-20(25-27(21)14-17)22(28)26-13-15-4-9-19(26)10-15/h5-8,11-12,14-15,19H,4,9-10,13H2,1-3H3. The van der Waals surface area contributed by atoms with Crippen molar-refractivity contribution in [2.45, 2.75) is 51.5 Å². The van der Waals surface area contributed by atoms with E-state index in [0.29, 0.717) is 23.3 Å². The first kappa shape index (κ1) is 17.4. The SMILES string of the molecule is CC(C)(C)c1ccc(-c2cnc3cc(C(=O)N4CC5CCC4C5)nn3c2)cc1. The molecule has 1 aromatic carbocycles. The van der Waals surface area contributed by atoms with Crippen molar-refractivity contribution in [1.29, 1.82) is 0 Å². The second-order valence-electron chi connectivity index (χ2n) is 9.29. The van der Waals surface area contributed by atoms with Crippen LogP contribution in [0.2, 0.25) is 0 Å². The molecule has 28 heavy (non-hydrogen) atoms. The first-order chi connectivity index (χ1) is 13.4. The van der Waals surface area contributed by atoms with Gasteiger partial charge in [-0.1, -0.05) is 45.0 Å². The van der Waals surface area contributed by atoms with Gasteiger partial charge < -0.3 is 4.90 Å². The number of hydrogen-bond donors (Lipinski definition) is 0. The van der Waals surface area contributed by atoms with E-state index >= 15 is 0 Å². The van der Waals surface area contributed by atoms with Crippen LogP contribution in [0.4, 0.5) is 0 Å². The van der Waals surface area contributed by atoms with Gasteiger partial charge in [0.2, 0.25) is 0 Å². The lowest BCUT2D eigenvalue weighted by atomic mass is 9.86. The number of amides is 1. The van der Waals surface area contributed by atoms with Gasteiger partial charge in [-0.15, -0.1) is 0 Å². The molecule has 2 atom stereocenters. The molecule has 3 heterocycles. The minimum absolute atomic E-state index is 0.0498. The van der Waals surface area contributed by atoms with Crippen LogP contribution < -0.4 is 0 Å². The second kappa shape index (κ2) is 6.16. The molecule has 1 amide bonds. The predicted octanol–water partition coefficient (Wildman–Crippen LogP) is 4.32. The van der Waals surface area contributed by atoms with E-state index in [0.717, 1.165) is 30.5 Å². The fourth-order valence-electron chi connectivity index (χ4n) is 4.61. The van der Waals surface area contributed by atoms with Crippen LogP contribution in [0.5, 0.6) is 0 Å². The summed E-state index contributed by atoms with van der Waals surface area (Å²) in [6, 6.07) is 10.8. The molecule has 2 bridgehead atoms. The minimum atomic E-state index is 0.0498. The fourth-order valence-corrected chi connectivity index (χ4v) is 4.61. The normalized spacial score (nSPS) is 21.6. The van der Waals surface area contributed by atoms with Crippen molar-refractivity contribution in [3.63, 3.8) is 0 Å². The van der Waals surface area contributed by atoms with Gasteiger partial charge in [0.05, 0.1) is 0 Å². The lowest BCUT2D eigenvalue weighted by molar-refractivity contribution is 0.0697. The highest BCUT2D eigenvalue weighted by Crippen LogP contribution is 2.38. The number of carbonyl (C=O) groups excluding carboxylic acids is 1. The largest absolute Gasteiger partial charge is 0.334 e. The summed E-state index contributed by atoms with van der Waals surface area (Å²) in [6.07, 6.45) is 7.37. The fraction of sp³-hybridized carbons (Fsp3) is 0.435. The number of aromatic nitrogens is 3. The number of benzene rings is 1. The molecule has 1 saturated carbocycles. The molecule has 2 aliphatic rings. The van der Waals surface area contributed by atoms with Crippen LogP contribution >= 0.6 is 0 Å². The molecule has 0 spiro atoms. The van der Waals surface area contributed by atoms with Gasteiger partial charge in [0, 0.05) is 36.6 Å². The highest BCUT2D eigenvalue weighted by Gasteiger charge is 2.41. The van der Waals surface area contributed by atoms with E-state index in [1.807, 2.05) is 17.3 Å². The highest BCUT2D eigenvalue weighted by molar-refractivity contribution is 5.94. The van der Waals surface area contributed by atoms with Gasteiger partial charge in [-0.3, -0.25) is 4.79 Å². The second-order valence-corrected chi connectivity index (χ2v) is 9.29. The molecule has 3 aromatic rings. The topological polar surface area (TPSA) is 50.5 Å². The predicted molar refractivity (Wildman–Crippen MR) is 109 cm³/mol. The number of rotatable bonds is 2. The first-order valence-corrected chi connectivity index (χ1v) is 10.2. The first-order valence-electron chi connectivity index (χ1n) is 10.2. The third-order valence-electron chi connectivity index (χ3n) is 6.29. The zero-order valence-corrected chi connectivity index (χ0v) is 16.7. The Labute approximate surface area is 165 Å². The minimum Gasteiger partial charge on any atom is -0.334 e. The zero-order valence-electron chi connectivity index (χ0n) is 16.7. The summed E-state index contributed by atoms with van der Waals surface area (Å²) in [7, 11) is 0. The third-order valence-corrected chi connectivity index (χ3v) is 6.29. The molecular formula is C23H26N4O. The number of carbonyl (C=O) groups is 1. The zero-order chi connectivity index (χ0) is 19.5. The van der Waals surface area contributed by atoms with Gasteiger partial charge >= 0.3 is 0 Å². The van der Waals surface area contributed by atoms with Crippen LogP contribution in [0.3, 0.4) is 0 Å². The Hall–Kier alpha value is -2.69. The van der Waals surface area contributed by atoms with Crippen LogP contribution in [-0.2, 0) is 5.41 Å². The Morgan fingerprint density at radius 3 is 2.54 bits per heavy atom. The molecule has 1 saturated heterocycles. The van der Waals surface area contributed by atoms with Crippen molar-refractivity contribution in [2.75, 3.05) is 6.54 Å². The molecule has 2 aromatic heterocycles. The van der Waals surface area contributed by atoms with Gasteiger partial charge in [0.1, 0.15) is 0 Å². The summed E-state index contributed by atoms with van der Waals surface area (Å²) in [5, 5.41) is 4.55. The average Bonchev–Trinajstić information content (AvgIpc) is 3.41. The highest BCUT2D eigenvalue weighted by atomic mass is 16.2. The van der Waals surface area contributed by atoms with Gasteiger partial charge in [0.15, 0.2) is 11.3 Å². The van der Waals surface area contributed by atoms with E-state index in [1.54, 1.807) is 10.6 Å². The van der Waals surface area contributed by atoms with Gasteiger partial charge in [0.25, 0.3) is 5.91 Å². The lowest BCUT2D eigenvalue weighted by Crippen LogP contribution is -2.37. The molecule has 2 unspecified atom stereocenters. The number of fused-ring (bicyclic) bond motifs is 3. The number of hydrogen-bond acceptors (Lipinski definition) is 3. The number of piperidine rings is 1. The van der Waals surface area contributed by atoms with Crippen LogP contribution in [-0.4, -0.2) is 38.0 Å². The van der Waals surface area contributed by atoms with Crippen molar-refractivity contribution in [1.82, 2.24) is 19.5 Å². The van der Waals surface area contributed by atoms with Crippen molar-refractivity contribution in [3.05, 3.63) is 54.0 Å². The number of likely N-dealkylation sites (tertiary alicyclic amines) is 1. The molecule has 5 rings (SSSR count). The molecule has 2 fully saturated rings. The van der Waals surface area contributed by atoms with E-state index in [2.05, 4.69) is 55.1 Å². The van der Waals surface area contributed by atoms with Crippen molar-refractivity contribution < 1.29 is 4.79 Å². The third kappa shape index (κ3) is 2.89. The van der Waals surface area contributed by atoms with Gasteiger partial charge in [-0.25, -0.2) is 9.50 Å². The molecule has 0 N–H and O–H groups in total. The maximum absolute atomic E-state index is 12.9. The Bertz CT molecular complexity index is 1040. The van der Waals surface area contributed by atoms with E-state index in [-0.39, 0.29) is 11.3 Å². The van der Waals surface area contributed by atoms with Gasteiger partial charge in [-0.2, -0.15) is 5.10 Å². The van der Waals surface area contributed by atoms with Crippen LogP contribution in [0.1, 0.15) is 56.1 Å². The summed E-state index contributed by atoms with van der Waals surface area (Å²) >= 11 is 0. The molecule has 5 heteroatoms. The monoisotopic (exact) mass is 374 g/mol. The average molecular weight is 374 g/mol. The Balaban J connectivity index is 1.43. The molecule has 5 nitrogen and oxygen atoms in total. The Kier molecular flexibility index (Phi) is 3.83. The van der Waals surface area contributed by atoms with Crippen LogP contribution in [0.15, 0.2) is 42.7 Å². The molecule has 0 radical (unpaired) electrons. The molecular weight excluding hydrogens is 348 g/mol. The van der Waals surface area contributed by atoms with Crippen molar-refractivity contribution >= 4 is 11.6 Å². The summed E-state index contributed by atoms with van der Waals surface area (Å²) < 4.78 is 1.73. The molecule has 1 aliphatic carbocycles. The maximum atomic E-state index is 12.9. The maximum Gasteiger partial charge on any atom is 0.274 e. The van der Waals surface area contributed by atoms with Crippen molar-refractivity contribution in [2.24, 2.45) is 5.92 Å². The van der Waals surface area contributed by atoms with Crippen molar-refractivity contribution in [3.8, 4) is 11.1 Å². The van der Waals surface area contributed by atoms with Gasteiger partial charge in [-0.05, 0) is 41.7 Å². The summed E-state index contributed by atoms with van der Waals surface area (Å²) in [4.78, 5) is 19.5. The molecule has 144 valence electrons. The summed E-state index contributed by atoms with van der Waals surface area (Å²) in [5.74, 6) is 0.737. The smallest absolute Gasteiger partial charge is 0.274 e. The Morgan fingerprint density at radius 1 is 1.11 bits per heavy atom. The van der Waals surface area contributed by atoms with Crippen LogP contribution in [0.25, 0.3) is 16.8 Å². The van der Waals surface area contributed by atoms with Crippen LogP contribution in [0, 0.1) is 5.92 Å². The summed E-state index contributed by atoms with van der Waals surface area (Å²) in [5.41, 5.74) is 4.74. The Morgan fingerprint density at radius 2 is 1.89 bits per heavy atom.